The third kappa shape index (κ3) is 10.2. The summed E-state index contributed by atoms with van der Waals surface area (Å²) in [7, 11) is 0. The number of aliphatic hydroxyl groups excluding tert-OH is 14. The van der Waals surface area contributed by atoms with Crippen LogP contribution in [0.15, 0.2) is 11.6 Å². The molecule has 9 rings (SSSR count). The van der Waals surface area contributed by atoms with Gasteiger partial charge in [0.1, 0.15) is 91.6 Å². The summed E-state index contributed by atoms with van der Waals surface area (Å²) >= 11 is 0. The van der Waals surface area contributed by atoms with Gasteiger partial charge in [0.15, 0.2) is 37.2 Å². The summed E-state index contributed by atoms with van der Waals surface area (Å²) in [5.41, 5.74) is 0.941. The van der Waals surface area contributed by atoms with Gasteiger partial charge in [0.25, 0.3) is 0 Å². The van der Waals surface area contributed by atoms with E-state index in [1.807, 2.05) is 6.92 Å². The number of allylic oxidation sites excluding steroid dienone is 1. The number of ether oxygens (including phenoxy) is 9. The minimum absolute atomic E-state index is 0.0861. The Balaban J connectivity index is 0.849. The van der Waals surface area contributed by atoms with Crippen LogP contribution in [-0.2, 0) is 42.6 Å². The van der Waals surface area contributed by atoms with E-state index in [-0.39, 0.29) is 41.3 Å². The van der Waals surface area contributed by atoms with Crippen LogP contribution < -0.4 is 0 Å². The summed E-state index contributed by atoms with van der Waals surface area (Å²) in [6, 6.07) is 0. The fourth-order valence-electron chi connectivity index (χ4n) is 14.8. The smallest absolute Gasteiger partial charge is 0.189 e. The van der Waals surface area contributed by atoms with E-state index < -0.39 is 155 Å². The molecule has 0 aromatic carbocycles. The Bertz CT molecular complexity index is 1920. The molecule has 3 saturated carbocycles. The SMILES string of the molecule is C[C@@H](CCC1(O)OC2C[C@H]3[C@@H]4CC=C5CC(O[C@@H]6O[C@H](CO)[C@@H](O[C@H]7O[C@H](CO)[C@@H](O)[C@H](O)[C@H]7O)[C@H](O)[C@H]6O[C@H]6O[C@@H](O)[C@H](O)[C@@H](O)[C@H]6O)CC[C@]5(C)[C@H]4CC[C@]3(C)[C@@H]2[C@@H]1C)CO[C@@H]1O[C@H](CO)[C@@H](O)[C@H](O)[C@H]1O. The minimum atomic E-state index is -2.00. The zero-order chi connectivity index (χ0) is 53.5. The molecular weight excluding hydrogens is 985 g/mol. The molecule has 0 aromatic heterocycles. The molecule has 24 heteroatoms. The zero-order valence-electron chi connectivity index (χ0n) is 42.3. The highest BCUT2D eigenvalue weighted by Crippen LogP contribution is 2.70. The van der Waals surface area contributed by atoms with Crippen molar-refractivity contribution in [2.24, 2.45) is 46.3 Å². The van der Waals surface area contributed by atoms with E-state index in [0.717, 1.165) is 32.1 Å². The summed E-state index contributed by atoms with van der Waals surface area (Å²) in [6.45, 7) is 6.75. The Kier molecular flexibility index (Phi) is 17.4. The van der Waals surface area contributed by atoms with Crippen LogP contribution in [0.3, 0.4) is 0 Å². The lowest BCUT2D eigenvalue weighted by molar-refractivity contribution is -0.400. The molecule has 0 amide bonds. The molecule has 4 aliphatic carbocycles. The predicted molar refractivity (Wildman–Crippen MR) is 247 cm³/mol. The van der Waals surface area contributed by atoms with Gasteiger partial charge in [0.2, 0.25) is 0 Å². The number of hydrogen-bond donors (Lipinski definition) is 15. The highest BCUT2D eigenvalue weighted by atomic mass is 16.8. The Morgan fingerprint density at radius 2 is 1.22 bits per heavy atom. The quantitative estimate of drug-likeness (QED) is 0.0694. The first kappa shape index (κ1) is 57.5. The van der Waals surface area contributed by atoms with Crippen molar-refractivity contribution in [2.45, 2.75) is 226 Å². The summed E-state index contributed by atoms with van der Waals surface area (Å²) in [4.78, 5) is 0. The van der Waals surface area contributed by atoms with E-state index >= 15 is 0 Å². The molecule has 15 N–H and O–H groups in total. The van der Waals surface area contributed by atoms with Crippen molar-refractivity contribution in [1.82, 2.24) is 0 Å². The molecule has 9 aliphatic rings. The maximum Gasteiger partial charge on any atom is 0.189 e. The van der Waals surface area contributed by atoms with Crippen molar-refractivity contribution >= 4 is 0 Å². The maximum absolute atomic E-state index is 12.1. The van der Waals surface area contributed by atoms with E-state index in [4.69, 9.17) is 42.6 Å². The van der Waals surface area contributed by atoms with Gasteiger partial charge >= 0.3 is 0 Å². The summed E-state index contributed by atoms with van der Waals surface area (Å²) in [5.74, 6) is -0.417. The molecule has 5 saturated heterocycles. The molecule has 74 heavy (non-hydrogen) atoms. The van der Waals surface area contributed by atoms with Gasteiger partial charge in [-0.15, -0.1) is 0 Å². The molecule has 0 bridgehead atoms. The van der Waals surface area contributed by atoms with Crippen molar-refractivity contribution in [2.75, 3.05) is 26.4 Å². The third-order valence-corrected chi connectivity index (χ3v) is 19.2. The Morgan fingerprint density at radius 1 is 0.635 bits per heavy atom. The molecule has 8 fully saturated rings. The van der Waals surface area contributed by atoms with E-state index in [9.17, 15) is 76.6 Å². The second-order valence-corrected chi connectivity index (χ2v) is 23.5. The lowest BCUT2D eigenvalue weighted by atomic mass is 9.47. The summed E-state index contributed by atoms with van der Waals surface area (Å²) in [6.07, 6.45) is -25.1. The van der Waals surface area contributed by atoms with Crippen LogP contribution >= 0.6 is 0 Å². The number of hydrogen-bond acceptors (Lipinski definition) is 24. The summed E-state index contributed by atoms with van der Waals surface area (Å²) in [5, 5.41) is 158. The maximum atomic E-state index is 12.1. The molecule has 31 atom stereocenters. The fourth-order valence-corrected chi connectivity index (χ4v) is 14.8. The molecule has 426 valence electrons. The fraction of sp³-hybridized carbons (Fsp3) is 0.960. The van der Waals surface area contributed by atoms with E-state index in [2.05, 4.69) is 26.8 Å². The third-order valence-electron chi connectivity index (χ3n) is 19.2. The number of rotatable bonds is 15. The first-order chi connectivity index (χ1) is 35.0. The predicted octanol–water partition coefficient (Wildman–Crippen LogP) is -4.08. The second kappa shape index (κ2) is 22.4. The molecule has 0 aromatic rings. The lowest BCUT2D eigenvalue weighted by Crippen LogP contribution is -2.67. The van der Waals surface area contributed by atoms with Gasteiger partial charge in [-0.3, -0.25) is 0 Å². The number of fused-ring (bicyclic) bond motifs is 7. The van der Waals surface area contributed by atoms with E-state index in [0.29, 0.717) is 43.4 Å². The molecule has 0 spiro atoms. The van der Waals surface area contributed by atoms with Gasteiger partial charge in [-0.25, -0.2) is 0 Å². The first-order valence-electron chi connectivity index (χ1n) is 26.6. The van der Waals surface area contributed by atoms with Gasteiger partial charge in [0.05, 0.1) is 38.6 Å². The molecule has 0 radical (unpaired) electrons. The molecule has 5 aliphatic heterocycles. The average molecular weight is 1070 g/mol. The van der Waals surface area contributed by atoms with Crippen LogP contribution in [0.5, 0.6) is 0 Å². The van der Waals surface area contributed by atoms with Crippen molar-refractivity contribution < 1.29 is 119 Å². The van der Waals surface area contributed by atoms with E-state index in [1.54, 1.807) is 0 Å². The van der Waals surface area contributed by atoms with Gasteiger partial charge in [-0.2, -0.15) is 0 Å². The molecule has 5 heterocycles. The Hall–Kier alpha value is -1.22. The Labute approximate surface area is 429 Å². The average Bonchev–Trinajstić information content (AvgIpc) is 3.82. The number of aliphatic hydroxyl groups is 15. The van der Waals surface area contributed by atoms with Crippen LogP contribution in [0.2, 0.25) is 0 Å². The van der Waals surface area contributed by atoms with Gasteiger partial charge in [-0.1, -0.05) is 39.3 Å². The zero-order valence-corrected chi connectivity index (χ0v) is 42.3. The first-order valence-corrected chi connectivity index (χ1v) is 26.6. The van der Waals surface area contributed by atoms with Crippen molar-refractivity contribution in [1.29, 1.82) is 0 Å². The van der Waals surface area contributed by atoms with Crippen LogP contribution in [-0.4, -0.2) is 244 Å². The highest BCUT2D eigenvalue weighted by molar-refractivity contribution is 5.26. The van der Waals surface area contributed by atoms with Gasteiger partial charge < -0.3 is 119 Å². The van der Waals surface area contributed by atoms with Gasteiger partial charge in [-0.05, 0) is 91.8 Å². The van der Waals surface area contributed by atoms with Crippen molar-refractivity contribution in [3.05, 3.63) is 11.6 Å². The highest BCUT2D eigenvalue weighted by Gasteiger charge is 2.68. The van der Waals surface area contributed by atoms with Crippen LogP contribution in [0, 0.1) is 46.3 Å². The minimum Gasteiger partial charge on any atom is -0.394 e. The monoisotopic (exact) mass is 1070 g/mol. The normalized spacial score (nSPS) is 54.9. The molecule has 3 unspecified atom stereocenters. The van der Waals surface area contributed by atoms with E-state index in [1.165, 1.54) is 5.57 Å². The lowest BCUT2D eigenvalue weighted by Gasteiger charge is -2.58. The molecular formula is C50H82O24. The van der Waals surface area contributed by atoms with Crippen LogP contribution in [0.4, 0.5) is 0 Å². The second-order valence-electron chi connectivity index (χ2n) is 23.5. The standard InChI is InChI=1S/C50H82O24/c1-19(18-66-44-37(60)33(56)31(54)27(15-51)68-44)7-12-50(65)20(2)30-26(74-50)14-25-23-6-5-21-13-22(8-10-48(21,3)24(23)9-11-49(25,30)4)67-47-42(72-46-39(62)35(58)36(59)43(64)73-46)40(63)41(29(17-53)70-47)71-45-38(61)34(57)32(55)28(16-52)69-45/h5,19-20,22-47,51-65H,6-18H2,1-4H3/t19-,20-,22?,23+,24-,25-,26?,27+,28+,29+,30+,31+,32+,33-,34-,35+,36+,37+,38+,39+,40-,41+,42+,43+,44+,45+,46-,47+,48-,49-,50?/m0/s1. The largest absolute Gasteiger partial charge is 0.394 e. The Morgan fingerprint density at radius 3 is 1.86 bits per heavy atom. The van der Waals surface area contributed by atoms with Gasteiger partial charge in [0, 0.05) is 12.3 Å². The summed E-state index contributed by atoms with van der Waals surface area (Å²) < 4.78 is 53.5. The van der Waals surface area contributed by atoms with Crippen LogP contribution in [0.1, 0.15) is 85.5 Å². The van der Waals surface area contributed by atoms with Crippen molar-refractivity contribution in [3.8, 4) is 0 Å². The molecule has 24 nitrogen and oxygen atoms in total. The topological polar surface area (TPSA) is 387 Å². The van der Waals surface area contributed by atoms with Crippen molar-refractivity contribution in [3.63, 3.8) is 0 Å². The van der Waals surface area contributed by atoms with Crippen LogP contribution in [0.25, 0.3) is 0 Å².